The molecular formula is C14H28N2. The lowest BCUT2D eigenvalue weighted by Gasteiger charge is -2.24. The summed E-state index contributed by atoms with van der Waals surface area (Å²) in [5.41, 5.74) is 0. The van der Waals surface area contributed by atoms with E-state index in [4.69, 9.17) is 0 Å². The summed E-state index contributed by atoms with van der Waals surface area (Å²) in [6.45, 7) is 8.42. The van der Waals surface area contributed by atoms with Crippen molar-refractivity contribution >= 4 is 0 Å². The molecule has 1 heterocycles. The van der Waals surface area contributed by atoms with E-state index in [-0.39, 0.29) is 0 Å². The Hall–Kier alpha value is -0.0800. The Kier molecular flexibility index (Phi) is 4.66. The zero-order valence-electron chi connectivity index (χ0n) is 11.0. The first-order chi connectivity index (χ1) is 7.83. The third kappa shape index (κ3) is 2.98. The standard InChI is InChI=1S/C14H28N2/c1-3-12-7-8-13(10-12)15-11-14-6-5-9-16(14)4-2/h12-15H,3-11H2,1-2H3. The van der Waals surface area contributed by atoms with E-state index in [1.54, 1.807) is 0 Å². The number of nitrogens with zero attached hydrogens (tertiary/aromatic N) is 1. The predicted molar refractivity (Wildman–Crippen MR) is 69.7 cm³/mol. The maximum Gasteiger partial charge on any atom is 0.0221 e. The molecule has 0 aromatic carbocycles. The van der Waals surface area contributed by atoms with Crippen molar-refractivity contribution in [1.82, 2.24) is 10.2 Å². The average Bonchev–Trinajstić information content (AvgIpc) is 2.94. The summed E-state index contributed by atoms with van der Waals surface area (Å²) in [4.78, 5) is 2.64. The van der Waals surface area contributed by atoms with Crippen LogP contribution in [-0.2, 0) is 0 Å². The van der Waals surface area contributed by atoms with Crippen molar-refractivity contribution in [2.75, 3.05) is 19.6 Å². The minimum atomic E-state index is 0.823. The van der Waals surface area contributed by atoms with E-state index >= 15 is 0 Å². The van der Waals surface area contributed by atoms with Crippen LogP contribution in [0.4, 0.5) is 0 Å². The van der Waals surface area contributed by atoms with Gasteiger partial charge in [-0.2, -0.15) is 0 Å². The van der Waals surface area contributed by atoms with Gasteiger partial charge in [-0.05, 0) is 51.1 Å². The fourth-order valence-corrected chi connectivity index (χ4v) is 3.48. The first kappa shape index (κ1) is 12.4. The van der Waals surface area contributed by atoms with Crippen molar-refractivity contribution < 1.29 is 0 Å². The van der Waals surface area contributed by atoms with Gasteiger partial charge in [0.2, 0.25) is 0 Å². The molecule has 0 amide bonds. The Morgan fingerprint density at radius 3 is 2.75 bits per heavy atom. The van der Waals surface area contributed by atoms with Crippen LogP contribution in [0, 0.1) is 5.92 Å². The number of likely N-dealkylation sites (tertiary alicyclic amines) is 1. The minimum absolute atomic E-state index is 0.823. The smallest absolute Gasteiger partial charge is 0.0221 e. The molecule has 0 spiro atoms. The van der Waals surface area contributed by atoms with Crippen LogP contribution in [0.25, 0.3) is 0 Å². The fourth-order valence-electron chi connectivity index (χ4n) is 3.48. The van der Waals surface area contributed by atoms with Crippen molar-refractivity contribution in [3.8, 4) is 0 Å². The SMILES string of the molecule is CCC1CCC(NCC2CCCN2CC)C1. The van der Waals surface area contributed by atoms with Gasteiger partial charge in [-0.15, -0.1) is 0 Å². The van der Waals surface area contributed by atoms with Gasteiger partial charge in [0.25, 0.3) is 0 Å². The summed E-state index contributed by atoms with van der Waals surface area (Å²) in [5, 5.41) is 3.81. The Morgan fingerprint density at radius 2 is 2.06 bits per heavy atom. The second-order valence-corrected chi connectivity index (χ2v) is 5.62. The first-order valence-corrected chi connectivity index (χ1v) is 7.30. The third-order valence-corrected chi connectivity index (χ3v) is 4.67. The number of rotatable bonds is 5. The monoisotopic (exact) mass is 224 g/mol. The van der Waals surface area contributed by atoms with Crippen LogP contribution in [-0.4, -0.2) is 36.6 Å². The van der Waals surface area contributed by atoms with E-state index in [2.05, 4.69) is 24.1 Å². The molecule has 3 atom stereocenters. The Labute approximate surface area is 101 Å². The molecule has 1 N–H and O–H groups in total. The van der Waals surface area contributed by atoms with E-state index in [1.807, 2.05) is 0 Å². The molecule has 94 valence electrons. The maximum atomic E-state index is 3.81. The van der Waals surface area contributed by atoms with Gasteiger partial charge in [0, 0.05) is 18.6 Å². The summed E-state index contributed by atoms with van der Waals surface area (Å²) in [6, 6.07) is 1.65. The highest BCUT2D eigenvalue weighted by Gasteiger charge is 2.26. The summed E-state index contributed by atoms with van der Waals surface area (Å²) < 4.78 is 0. The molecule has 1 saturated heterocycles. The van der Waals surface area contributed by atoms with Crippen LogP contribution in [0.5, 0.6) is 0 Å². The molecule has 3 unspecified atom stereocenters. The van der Waals surface area contributed by atoms with Gasteiger partial charge in [0.15, 0.2) is 0 Å². The molecule has 1 aliphatic heterocycles. The summed E-state index contributed by atoms with van der Waals surface area (Å²) >= 11 is 0. The van der Waals surface area contributed by atoms with Crippen molar-refractivity contribution in [1.29, 1.82) is 0 Å². The molecule has 0 aromatic rings. The number of likely N-dealkylation sites (N-methyl/N-ethyl adjacent to an activating group) is 1. The highest BCUT2D eigenvalue weighted by Crippen LogP contribution is 2.28. The quantitative estimate of drug-likeness (QED) is 0.772. The van der Waals surface area contributed by atoms with E-state index < -0.39 is 0 Å². The van der Waals surface area contributed by atoms with E-state index in [1.165, 1.54) is 58.2 Å². The first-order valence-electron chi connectivity index (χ1n) is 7.30. The van der Waals surface area contributed by atoms with Gasteiger partial charge in [-0.1, -0.05) is 20.3 Å². The topological polar surface area (TPSA) is 15.3 Å². The summed E-state index contributed by atoms with van der Waals surface area (Å²) in [5.74, 6) is 1.00. The molecule has 0 bridgehead atoms. The van der Waals surface area contributed by atoms with Crippen molar-refractivity contribution in [3.63, 3.8) is 0 Å². The molecular weight excluding hydrogens is 196 g/mol. The maximum absolute atomic E-state index is 3.81. The molecule has 2 nitrogen and oxygen atoms in total. The highest BCUT2D eigenvalue weighted by atomic mass is 15.2. The molecule has 2 aliphatic rings. The molecule has 1 aliphatic carbocycles. The zero-order chi connectivity index (χ0) is 11.4. The molecule has 1 saturated carbocycles. The van der Waals surface area contributed by atoms with Crippen molar-refractivity contribution in [2.24, 2.45) is 5.92 Å². The normalized spacial score (nSPS) is 36.0. The van der Waals surface area contributed by atoms with Gasteiger partial charge in [-0.25, -0.2) is 0 Å². The molecule has 2 heteroatoms. The molecule has 2 rings (SSSR count). The molecule has 16 heavy (non-hydrogen) atoms. The van der Waals surface area contributed by atoms with E-state index in [9.17, 15) is 0 Å². The van der Waals surface area contributed by atoms with Gasteiger partial charge in [-0.3, -0.25) is 4.90 Å². The summed E-state index contributed by atoms with van der Waals surface area (Å²) in [7, 11) is 0. The Bertz CT molecular complexity index is 205. The summed E-state index contributed by atoms with van der Waals surface area (Å²) in [6.07, 6.45) is 8.49. The zero-order valence-corrected chi connectivity index (χ0v) is 11.0. The van der Waals surface area contributed by atoms with Crippen LogP contribution in [0.2, 0.25) is 0 Å². The highest BCUT2D eigenvalue weighted by molar-refractivity contribution is 4.85. The van der Waals surface area contributed by atoms with Gasteiger partial charge >= 0.3 is 0 Å². The van der Waals surface area contributed by atoms with E-state index in [0.717, 1.165) is 18.0 Å². The molecule has 2 fully saturated rings. The van der Waals surface area contributed by atoms with E-state index in [0.29, 0.717) is 0 Å². The fraction of sp³-hybridized carbons (Fsp3) is 1.00. The molecule has 0 radical (unpaired) electrons. The number of hydrogen-bond donors (Lipinski definition) is 1. The average molecular weight is 224 g/mol. The Balaban J connectivity index is 1.67. The lowest BCUT2D eigenvalue weighted by molar-refractivity contribution is 0.253. The van der Waals surface area contributed by atoms with Crippen molar-refractivity contribution in [2.45, 2.75) is 64.5 Å². The molecule has 0 aromatic heterocycles. The largest absolute Gasteiger partial charge is 0.312 e. The van der Waals surface area contributed by atoms with Crippen LogP contribution in [0.1, 0.15) is 52.4 Å². The van der Waals surface area contributed by atoms with Gasteiger partial charge in [0.1, 0.15) is 0 Å². The lowest BCUT2D eigenvalue weighted by atomic mass is 10.1. The second kappa shape index (κ2) is 6.02. The van der Waals surface area contributed by atoms with Gasteiger partial charge in [0.05, 0.1) is 0 Å². The van der Waals surface area contributed by atoms with Crippen molar-refractivity contribution in [3.05, 3.63) is 0 Å². The van der Waals surface area contributed by atoms with Crippen LogP contribution < -0.4 is 5.32 Å². The Morgan fingerprint density at radius 1 is 1.19 bits per heavy atom. The number of nitrogens with one attached hydrogen (secondary N) is 1. The van der Waals surface area contributed by atoms with Crippen LogP contribution >= 0.6 is 0 Å². The lowest BCUT2D eigenvalue weighted by Crippen LogP contribution is -2.41. The second-order valence-electron chi connectivity index (χ2n) is 5.62. The van der Waals surface area contributed by atoms with Crippen LogP contribution in [0.3, 0.4) is 0 Å². The predicted octanol–water partition coefficient (Wildman–Crippen LogP) is 2.64. The minimum Gasteiger partial charge on any atom is -0.312 e. The van der Waals surface area contributed by atoms with Gasteiger partial charge < -0.3 is 5.32 Å². The van der Waals surface area contributed by atoms with Crippen LogP contribution in [0.15, 0.2) is 0 Å². The number of hydrogen-bond acceptors (Lipinski definition) is 2. The third-order valence-electron chi connectivity index (χ3n) is 4.67.